The first-order valence-electron chi connectivity index (χ1n) is 5.97. The van der Waals surface area contributed by atoms with E-state index in [0.717, 1.165) is 12.1 Å². The van der Waals surface area contributed by atoms with Gasteiger partial charge in [0, 0.05) is 11.8 Å². The van der Waals surface area contributed by atoms with Crippen LogP contribution in [0.25, 0.3) is 0 Å². The Morgan fingerprint density at radius 2 is 2.17 bits per heavy atom. The van der Waals surface area contributed by atoms with Gasteiger partial charge in [-0.15, -0.1) is 12.4 Å². The van der Waals surface area contributed by atoms with Gasteiger partial charge < -0.3 is 11.1 Å². The zero-order chi connectivity index (χ0) is 12.1. The van der Waals surface area contributed by atoms with Crippen LogP contribution in [-0.4, -0.2) is 23.5 Å². The van der Waals surface area contributed by atoms with E-state index in [-0.39, 0.29) is 18.3 Å². The third-order valence-corrected chi connectivity index (χ3v) is 4.37. The van der Waals surface area contributed by atoms with Crippen LogP contribution >= 0.6 is 24.2 Å². The maximum absolute atomic E-state index is 11.9. The SMILES string of the molecule is Cl.NC(C(=O)NCC1CCCS1)c1ccccc1. The summed E-state index contributed by atoms with van der Waals surface area (Å²) in [6.07, 6.45) is 2.46. The number of thioether (sulfide) groups is 1. The Kier molecular flexibility index (Phi) is 6.54. The average Bonchev–Trinajstić information content (AvgIpc) is 2.89. The molecule has 3 nitrogen and oxygen atoms in total. The van der Waals surface area contributed by atoms with Gasteiger partial charge in [0.2, 0.25) is 5.91 Å². The smallest absolute Gasteiger partial charge is 0.241 e. The molecule has 0 spiro atoms. The van der Waals surface area contributed by atoms with Crippen LogP contribution in [0.4, 0.5) is 0 Å². The quantitative estimate of drug-likeness (QED) is 0.891. The van der Waals surface area contributed by atoms with E-state index in [1.807, 2.05) is 42.1 Å². The molecule has 100 valence electrons. The minimum absolute atomic E-state index is 0. The van der Waals surface area contributed by atoms with Crippen molar-refractivity contribution >= 4 is 30.1 Å². The van der Waals surface area contributed by atoms with Crippen LogP contribution in [0.5, 0.6) is 0 Å². The Hall–Kier alpha value is -0.710. The molecule has 0 radical (unpaired) electrons. The molecule has 2 rings (SSSR count). The van der Waals surface area contributed by atoms with Gasteiger partial charge in [0.15, 0.2) is 0 Å². The number of halogens is 1. The zero-order valence-corrected chi connectivity index (χ0v) is 11.8. The topological polar surface area (TPSA) is 55.1 Å². The van der Waals surface area contributed by atoms with Crippen molar-refractivity contribution in [2.24, 2.45) is 5.73 Å². The summed E-state index contributed by atoms with van der Waals surface area (Å²) in [5, 5.41) is 3.51. The van der Waals surface area contributed by atoms with E-state index in [1.165, 1.54) is 18.6 Å². The van der Waals surface area contributed by atoms with Crippen molar-refractivity contribution in [2.45, 2.75) is 24.1 Å². The van der Waals surface area contributed by atoms with E-state index in [1.54, 1.807) is 0 Å². The van der Waals surface area contributed by atoms with Crippen molar-refractivity contribution in [3.63, 3.8) is 0 Å². The summed E-state index contributed by atoms with van der Waals surface area (Å²) >= 11 is 1.94. The molecule has 18 heavy (non-hydrogen) atoms. The number of carbonyl (C=O) groups excluding carboxylic acids is 1. The monoisotopic (exact) mass is 286 g/mol. The van der Waals surface area contributed by atoms with E-state index < -0.39 is 6.04 Å². The second kappa shape index (κ2) is 7.67. The van der Waals surface area contributed by atoms with E-state index in [4.69, 9.17) is 5.73 Å². The number of hydrogen-bond acceptors (Lipinski definition) is 3. The fourth-order valence-electron chi connectivity index (χ4n) is 1.94. The number of hydrogen-bond donors (Lipinski definition) is 2. The molecular formula is C13H19ClN2OS. The standard InChI is InChI=1S/C13H18N2OS.ClH/c14-12(10-5-2-1-3-6-10)13(16)15-9-11-7-4-8-17-11;/h1-3,5-6,11-12H,4,7-9,14H2,(H,15,16);1H. The Morgan fingerprint density at radius 3 is 2.78 bits per heavy atom. The van der Waals surface area contributed by atoms with E-state index in [9.17, 15) is 4.79 Å². The molecule has 0 aromatic heterocycles. The second-order valence-corrected chi connectivity index (χ2v) is 5.68. The number of amides is 1. The largest absolute Gasteiger partial charge is 0.353 e. The maximum Gasteiger partial charge on any atom is 0.241 e. The molecule has 0 aliphatic carbocycles. The van der Waals surface area contributed by atoms with Crippen molar-refractivity contribution in [2.75, 3.05) is 12.3 Å². The summed E-state index contributed by atoms with van der Waals surface area (Å²) in [6.45, 7) is 0.740. The zero-order valence-electron chi connectivity index (χ0n) is 10.2. The van der Waals surface area contributed by atoms with Gasteiger partial charge in [-0.3, -0.25) is 4.79 Å². The van der Waals surface area contributed by atoms with Crippen LogP contribution in [0.1, 0.15) is 24.4 Å². The number of benzene rings is 1. The van der Waals surface area contributed by atoms with Gasteiger partial charge in [-0.25, -0.2) is 0 Å². The minimum Gasteiger partial charge on any atom is -0.353 e. The molecule has 1 fully saturated rings. The molecular weight excluding hydrogens is 268 g/mol. The lowest BCUT2D eigenvalue weighted by Gasteiger charge is -2.14. The predicted octanol–water partition coefficient (Wildman–Crippen LogP) is 2.12. The Labute approximate surface area is 118 Å². The first-order chi connectivity index (χ1) is 8.27. The normalized spacial score (nSPS) is 19.9. The molecule has 5 heteroatoms. The summed E-state index contributed by atoms with van der Waals surface area (Å²) in [4.78, 5) is 11.9. The summed E-state index contributed by atoms with van der Waals surface area (Å²) in [7, 11) is 0. The van der Waals surface area contributed by atoms with Crippen molar-refractivity contribution in [1.29, 1.82) is 0 Å². The third-order valence-electron chi connectivity index (χ3n) is 2.97. The fraction of sp³-hybridized carbons (Fsp3) is 0.462. The van der Waals surface area contributed by atoms with Gasteiger partial charge >= 0.3 is 0 Å². The molecule has 1 aromatic rings. The molecule has 2 atom stereocenters. The van der Waals surface area contributed by atoms with Crippen LogP contribution in [0.2, 0.25) is 0 Å². The highest BCUT2D eigenvalue weighted by molar-refractivity contribution is 8.00. The summed E-state index contributed by atoms with van der Waals surface area (Å²) < 4.78 is 0. The van der Waals surface area contributed by atoms with Gasteiger partial charge in [-0.1, -0.05) is 30.3 Å². The molecule has 1 aliphatic heterocycles. The Bertz CT molecular complexity index is 369. The van der Waals surface area contributed by atoms with Gasteiger partial charge in [0.1, 0.15) is 6.04 Å². The molecule has 1 aliphatic rings. The minimum atomic E-state index is -0.553. The fourth-order valence-corrected chi connectivity index (χ4v) is 3.14. The van der Waals surface area contributed by atoms with Crippen LogP contribution in [0.15, 0.2) is 30.3 Å². The van der Waals surface area contributed by atoms with Crippen molar-refractivity contribution < 1.29 is 4.79 Å². The van der Waals surface area contributed by atoms with Crippen molar-refractivity contribution in [3.05, 3.63) is 35.9 Å². The molecule has 1 heterocycles. The molecule has 0 saturated carbocycles. The van der Waals surface area contributed by atoms with Gasteiger partial charge in [-0.05, 0) is 24.2 Å². The highest BCUT2D eigenvalue weighted by atomic mass is 35.5. The first-order valence-corrected chi connectivity index (χ1v) is 7.02. The molecule has 1 saturated heterocycles. The molecule has 0 bridgehead atoms. The molecule has 2 unspecified atom stereocenters. The van der Waals surface area contributed by atoms with Crippen molar-refractivity contribution in [3.8, 4) is 0 Å². The predicted molar refractivity (Wildman–Crippen MR) is 79.1 cm³/mol. The van der Waals surface area contributed by atoms with Crippen LogP contribution in [0.3, 0.4) is 0 Å². The highest BCUT2D eigenvalue weighted by Gasteiger charge is 2.19. The van der Waals surface area contributed by atoms with E-state index >= 15 is 0 Å². The summed E-state index contributed by atoms with van der Waals surface area (Å²) in [5.74, 6) is 1.13. The number of rotatable bonds is 4. The van der Waals surface area contributed by atoms with Crippen LogP contribution in [0, 0.1) is 0 Å². The summed E-state index contributed by atoms with van der Waals surface area (Å²) in [5.41, 5.74) is 6.77. The Balaban J connectivity index is 0.00000162. The Morgan fingerprint density at radius 1 is 1.44 bits per heavy atom. The van der Waals surface area contributed by atoms with E-state index in [0.29, 0.717) is 5.25 Å². The molecule has 3 N–H and O–H groups in total. The van der Waals surface area contributed by atoms with Gasteiger partial charge in [0.05, 0.1) is 0 Å². The number of nitrogens with one attached hydrogen (secondary N) is 1. The number of carbonyl (C=O) groups is 1. The maximum atomic E-state index is 11.9. The first kappa shape index (κ1) is 15.3. The highest BCUT2D eigenvalue weighted by Crippen LogP contribution is 2.25. The summed E-state index contributed by atoms with van der Waals surface area (Å²) in [6, 6.07) is 8.93. The molecule has 1 aromatic carbocycles. The lowest BCUT2D eigenvalue weighted by molar-refractivity contribution is -0.122. The van der Waals surface area contributed by atoms with Gasteiger partial charge in [0.25, 0.3) is 0 Å². The third kappa shape index (κ3) is 4.19. The van der Waals surface area contributed by atoms with E-state index in [2.05, 4.69) is 5.32 Å². The van der Waals surface area contributed by atoms with Crippen molar-refractivity contribution in [1.82, 2.24) is 5.32 Å². The van der Waals surface area contributed by atoms with Gasteiger partial charge in [-0.2, -0.15) is 11.8 Å². The lowest BCUT2D eigenvalue weighted by Crippen LogP contribution is -2.37. The second-order valence-electron chi connectivity index (χ2n) is 4.27. The molecule has 1 amide bonds. The lowest BCUT2D eigenvalue weighted by atomic mass is 10.1. The van der Waals surface area contributed by atoms with Crippen LogP contribution in [-0.2, 0) is 4.79 Å². The number of nitrogens with two attached hydrogens (primary N) is 1. The average molecular weight is 287 g/mol. The van der Waals surface area contributed by atoms with Crippen LogP contribution < -0.4 is 11.1 Å².